The fourth-order valence-corrected chi connectivity index (χ4v) is 7.16. The van der Waals surface area contributed by atoms with E-state index in [1.165, 1.54) is 6.07 Å². The summed E-state index contributed by atoms with van der Waals surface area (Å²) in [6, 6.07) is 9.57. The number of nitrogens with one attached hydrogen (secondary N) is 3. The first-order valence-corrected chi connectivity index (χ1v) is 13.2. The number of hydrogen-bond acceptors (Lipinski definition) is 6. The first-order valence-electron chi connectivity index (χ1n) is 13.2. The molecule has 1 spiro atoms. The Morgan fingerprint density at radius 3 is 2.86 bits per heavy atom. The van der Waals surface area contributed by atoms with Crippen molar-refractivity contribution in [1.82, 2.24) is 15.8 Å². The van der Waals surface area contributed by atoms with Gasteiger partial charge in [0.15, 0.2) is 0 Å². The molecule has 7 rings (SSSR count). The molecule has 7 nitrogen and oxygen atoms in total. The number of pyridine rings is 1. The van der Waals surface area contributed by atoms with Crippen LogP contribution in [0.15, 0.2) is 42.6 Å². The molecule has 6 atom stereocenters. The molecule has 8 heteroatoms. The van der Waals surface area contributed by atoms with Crippen LogP contribution in [-0.2, 0) is 14.9 Å². The Morgan fingerprint density at radius 1 is 1.14 bits per heavy atom. The van der Waals surface area contributed by atoms with Crippen LogP contribution < -0.4 is 21.1 Å². The van der Waals surface area contributed by atoms with Gasteiger partial charge in [0.25, 0.3) is 0 Å². The highest BCUT2D eigenvalue weighted by Crippen LogP contribution is 2.65. The molecule has 1 amide bonds. The first-order chi connectivity index (χ1) is 17.6. The molecule has 4 fully saturated rings. The molecule has 188 valence electrons. The van der Waals surface area contributed by atoms with Crippen molar-refractivity contribution < 1.29 is 13.9 Å². The lowest BCUT2D eigenvalue weighted by atomic mass is 9.73. The van der Waals surface area contributed by atoms with Crippen LogP contribution in [0, 0.1) is 23.6 Å². The number of hydrazine groups is 1. The van der Waals surface area contributed by atoms with E-state index >= 15 is 0 Å². The summed E-state index contributed by atoms with van der Waals surface area (Å²) in [6.45, 7) is 3.29. The van der Waals surface area contributed by atoms with Crippen LogP contribution in [0.4, 0.5) is 15.9 Å². The third-order valence-corrected chi connectivity index (χ3v) is 9.14. The van der Waals surface area contributed by atoms with Gasteiger partial charge in [0.2, 0.25) is 5.91 Å². The highest BCUT2D eigenvalue weighted by molar-refractivity contribution is 6.08. The Kier molecular flexibility index (Phi) is 5.38. The molecule has 5 unspecified atom stereocenters. The van der Waals surface area contributed by atoms with Crippen LogP contribution in [0.2, 0.25) is 0 Å². The van der Waals surface area contributed by atoms with Gasteiger partial charge in [-0.05, 0) is 84.9 Å². The second-order valence-corrected chi connectivity index (χ2v) is 11.0. The highest BCUT2D eigenvalue weighted by Gasteiger charge is 2.67. The van der Waals surface area contributed by atoms with E-state index in [1.54, 1.807) is 12.1 Å². The summed E-state index contributed by atoms with van der Waals surface area (Å²) in [7, 11) is 0. The molecule has 2 saturated heterocycles. The molecule has 2 aliphatic carbocycles. The predicted molar refractivity (Wildman–Crippen MR) is 136 cm³/mol. The quantitative estimate of drug-likeness (QED) is 0.612. The second kappa shape index (κ2) is 8.64. The SMILES string of the molecule is O=C1Nc2ccc(F)cc2[C@]12CC2C1CCC2C(/C=C/c3ccc(N4CCOCC4)nc3)NNC2C1. The zero-order valence-electron chi connectivity index (χ0n) is 20.3. The van der Waals surface area contributed by atoms with Gasteiger partial charge in [-0.3, -0.25) is 15.6 Å². The van der Waals surface area contributed by atoms with Gasteiger partial charge in [-0.1, -0.05) is 12.2 Å². The average Bonchev–Trinajstić information content (AvgIpc) is 3.46. The molecule has 2 saturated carbocycles. The minimum atomic E-state index is -0.513. The van der Waals surface area contributed by atoms with E-state index in [1.807, 2.05) is 6.20 Å². The fourth-order valence-electron chi connectivity index (χ4n) is 7.16. The summed E-state index contributed by atoms with van der Waals surface area (Å²) in [4.78, 5) is 19.8. The van der Waals surface area contributed by atoms with Crippen molar-refractivity contribution in [1.29, 1.82) is 0 Å². The molecule has 1 aromatic heterocycles. The van der Waals surface area contributed by atoms with Crippen molar-refractivity contribution in [3.05, 3.63) is 59.5 Å². The van der Waals surface area contributed by atoms with Crippen LogP contribution in [0.3, 0.4) is 0 Å². The minimum absolute atomic E-state index is 0.0572. The van der Waals surface area contributed by atoms with Crippen molar-refractivity contribution >= 4 is 23.5 Å². The number of hydrogen-bond donors (Lipinski definition) is 3. The Morgan fingerprint density at radius 2 is 2.03 bits per heavy atom. The predicted octanol–water partition coefficient (Wildman–Crippen LogP) is 3.24. The van der Waals surface area contributed by atoms with E-state index in [-0.39, 0.29) is 17.8 Å². The lowest BCUT2D eigenvalue weighted by Crippen LogP contribution is -2.37. The molecule has 3 aliphatic heterocycles. The van der Waals surface area contributed by atoms with Gasteiger partial charge in [-0.25, -0.2) is 9.37 Å². The van der Waals surface area contributed by atoms with Crippen LogP contribution in [0.25, 0.3) is 6.08 Å². The number of benzene rings is 1. The average molecular weight is 490 g/mol. The monoisotopic (exact) mass is 489 g/mol. The number of carbonyl (C=O) groups excluding carboxylic acids is 1. The molecule has 36 heavy (non-hydrogen) atoms. The largest absolute Gasteiger partial charge is 0.378 e. The lowest BCUT2D eigenvalue weighted by Gasteiger charge is -2.33. The maximum Gasteiger partial charge on any atom is 0.235 e. The summed E-state index contributed by atoms with van der Waals surface area (Å²) >= 11 is 0. The lowest BCUT2D eigenvalue weighted by molar-refractivity contribution is -0.118. The standard InChI is InChI=1S/C28H32FN5O2/c29-19-4-7-24-21(14-19)28(27(35)31-24)15-22(28)18-3-5-20-23(32-33-25(20)13-18)6-1-17-2-8-26(30-16-17)34-9-11-36-12-10-34/h1-2,4,6-8,14,16,18,20,22-23,25,32-33H,3,5,9-13,15H2,(H,31,35)/b6-1+/t18?,20?,22?,23?,25?,28-/m0/s1. The fraction of sp³-hybridized carbons (Fsp3) is 0.500. The molecular formula is C28H32FN5O2. The van der Waals surface area contributed by atoms with Gasteiger partial charge in [0.1, 0.15) is 11.6 Å². The third kappa shape index (κ3) is 3.66. The molecule has 0 bridgehead atoms. The molecule has 1 aromatic carbocycles. The van der Waals surface area contributed by atoms with Crippen molar-refractivity contribution in [3.63, 3.8) is 0 Å². The number of morpholine rings is 1. The maximum atomic E-state index is 14.0. The zero-order valence-corrected chi connectivity index (χ0v) is 20.3. The summed E-state index contributed by atoms with van der Waals surface area (Å²) in [5.41, 5.74) is 9.27. The van der Waals surface area contributed by atoms with Crippen LogP contribution in [0.1, 0.15) is 36.8 Å². The zero-order chi connectivity index (χ0) is 24.3. The number of anilines is 2. The normalized spacial score (nSPS) is 35.2. The Hall–Kier alpha value is -2.81. The number of carbonyl (C=O) groups is 1. The minimum Gasteiger partial charge on any atom is -0.378 e. The summed E-state index contributed by atoms with van der Waals surface area (Å²) in [5, 5.41) is 3.00. The Balaban J connectivity index is 0.987. The number of aromatic nitrogens is 1. The van der Waals surface area contributed by atoms with Crippen LogP contribution >= 0.6 is 0 Å². The maximum absolute atomic E-state index is 14.0. The van der Waals surface area contributed by atoms with Gasteiger partial charge in [-0.15, -0.1) is 0 Å². The van der Waals surface area contributed by atoms with E-state index in [9.17, 15) is 9.18 Å². The summed E-state index contributed by atoms with van der Waals surface area (Å²) in [5.74, 6) is 2.10. The molecule has 5 aliphatic rings. The van der Waals surface area contributed by atoms with Gasteiger partial charge >= 0.3 is 0 Å². The van der Waals surface area contributed by atoms with Crippen molar-refractivity contribution in [2.45, 2.75) is 43.2 Å². The first kappa shape index (κ1) is 22.4. The van der Waals surface area contributed by atoms with E-state index in [2.05, 4.69) is 50.3 Å². The second-order valence-electron chi connectivity index (χ2n) is 11.0. The van der Waals surface area contributed by atoms with E-state index in [0.29, 0.717) is 23.8 Å². The summed E-state index contributed by atoms with van der Waals surface area (Å²) in [6.07, 6.45) is 10.5. The molecular weight excluding hydrogens is 457 g/mol. The Bertz CT molecular complexity index is 1200. The van der Waals surface area contributed by atoms with E-state index in [4.69, 9.17) is 4.74 Å². The number of nitrogens with zero attached hydrogens (tertiary/aromatic N) is 2. The molecule has 4 heterocycles. The number of fused-ring (bicyclic) bond motifs is 3. The summed E-state index contributed by atoms with van der Waals surface area (Å²) < 4.78 is 19.4. The Labute approximate surface area is 210 Å². The molecule has 3 N–H and O–H groups in total. The van der Waals surface area contributed by atoms with Crippen molar-refractivity contribution in [2.75, 3.05) is 36.5 Å². The third-order valence-electron chi connectivity index (χ3n) is 9.14. The van der Waals surface area contributed by atoms with Crippen molar-refractivity contribution in [2.24, 2.45) is 17.8 Å². The number of amides is 1. The number of halogens is 1. The number of ether oxygens (including phenoxy) is 1. The van der Waals surface area contributed by atoms with Crippen molar-refractivity contribution in [3.8, 4) is 0 Å². The molecule has 2 aromatic rings. The molecule has 0 radical (unpaired) electrons. The van der Waals surface area contributed by atoms with Gasteiger partial charge in [0, 0.05) is 37.1 Å². The van der Waals surface area contributed by atoms with Gasteiger partial charge < -0.3 is 15.0 Å². The van der Waals surface area contributed by atoms with E-state index < -0.39 is 5.41 Å². The van der Waals surface area contributed by atoms with Crippen LogP contribution in [-0.4, -0.2) is 49.3 Å². The topological polar surface area (TPSA) is 78.5 Å². The van der Waals surface area contributed by atoms with E-state index in [0.717, 1.165) is 74.6 Å². The smallest absolute Gasteiger partial charge is 0.235 e. The van der Waals surface area contributed by atoms with Gasteiger partial charge in [-0.2, -0.15) is 0 Å². The van der Waals surface area contributed by atoms with Crippen LogP contribution in [0.5, 0.6) is 0 Å². The van der Waals surface area contributed by atoms with Gasteiger partial charge in [0.05, 0.1) is 18.6 Å². The highest BCUT2D eigenvalue weighted by atomic mass is 19.1. The number of rotatable bonds is 4.